The highest BCUT2D eigenvalue weighted by Crippen LogP contribution is 2.31. The van der Waals surface area contributed by atoms with E-state index in [2.05, 4.69) is 120 Å². The van der Waals surface area contributed by atoms with Crippen LogP contribution in [0, 0.1) is 0 Å². The zero-order valence-corrected chi connectivity index (χ0v) is 20.8. The topological polar surface area (TPSA) is 36.4 Å². The van der Waals surface area contributed by atoms with E-state index in [9.17, 15) is 0 Å². The highest BCUT2D eigenvalue weighted by molar-refractivity contribution is 6.35. The Labute approximate surface area is 220 Å². The second-order valence-electron chi connectivity index (χ2n) is 9.51. The van der Waals surface area contributed by atoms with E-state index in [0.717, 1.165) is 32.8 Å². The van der Waals surface area contributed by atoms with E-state index in [0.29, 0.717) is 0 Å². The average Bonchev–Trinajstić information content (AvgIpc) is 2.96. The molecule has 178 valence electrons. The summed E-state index contributed by atoms with van der Waals surface area (Å²) in [6, 6.07) is 42.4. The van der Waals surface area contributed by atoms with E-state index in [1.54, 1.807) is 0 Å². The van der Waals surface area contributed by atoms with Crippen LogP contribution >= 0.6 is 11.6 Å². The monoisotopic (exact) mass is 497 g/mol. The van der Waals surface area contributed by atoms with E-state index < -0.39 is 0 Å². The number of amidine groups is 1. The van der Waals surface area contributed by atoms with Gasteiger partial charge in [0.25, 0.3) is 0 Å². The molecule has 2 atom stereocenters. The molecule has 0 bridgehead atoms. The fourth-order valence-corrected chi connectivity index (χ4v) is 5.45. The zero-order valence-electron chi connectivity index (χ0n) is 20.0. The van der Waals surface area contributed by atoms with Gasteiger partial charge in [-0.05, 0) is 62.3 Å². The molecule has 1 aliphatic heterocycles. The number of benzene rings is 6. The summed E-state index contributed by atoms with van der Waals surface area (Å²) in [5.41, 5.74) is 3.33. The lowest BCUT2D eigenvalue weighted by Gasteiger charge is -2.32. The first kappa shape index (κ1) is 22.1. The van der Waals surface area contributed by atoms with Crippen LogP contribution < -0.4 is 10.6 Å². The van der Waals surface area contributed by atoms with Gasteiger partial charge in [-0.15, -0.1) is 0 Å². The summed E-state index contributed by atoms with van der Waals surface area (Å²) < 4.78 is 0. The third-order valence-electron chi connectivity index (χ3n) is 7.16. The Hall–Kier alpha value is -4.18. The molecule has 0 fully saturated rings. The van der Waals surface area contributed by atoms with Gasteiger partial charge in [0, 0.05) is 16.0 Å². The van der Waals surface area contributed by atoms with Gasteiger partial charge in [0.2, 0.25) is 0 Å². The number of nitrogens with one attached hydrogen (secondary N) is 2. The third-order valence-corrected chi connectivity index (χ3v) is 7.49. The maximum atomic E-state index is 6.44. The van der Waals surface area contributed by atoms with E-state index in [1.807, 2.05) is 12.1 Å². The van der Waals surface area contributed by atoms with Crippen molar-refractivity contribution in [3.8, 4) is 0 Å². The maximum absolute atomic E-state index is 6.44. The number of hydrogen-bond acceptors (Lipinski definition) is 3. The number of rotatable bonds is 3. The first-order chi connectivity index (χ1) is 18.2. The normalized spacial score (nSPS) is 17.6. The maximum Gasteiger partial charge on any atom is 0.131 e. The van der Waals surface area contributed by atoms with Crippen molar-refractivity contribution < 1.29 is 0 Å². The van der Waals surface area contributed by atoms with Crippen LogP contribution in [0.2, 0.25) is 5.02 Å². The standard InChI is InChI=1S/C33H24ClN3/c34-30-11-5-10-25-20-28(16-17-29(25)30)33-36-31(26-14-12-21-6-1-3-8-23(21)18-26)35-32(37-33)27-15-13-22-7-2-4-9-24(22)19-27/h1-20,31,33,36H,(H,35,37). The largest absolute Gasteiger partial charge is 0.350 e. The van der Waals surface area contributed by atoms with Crippen LogP contribution in [-0.2, 0) is 0 Å². The van der Waals surface area contributed by atoms with Gasteiger partial charge in [0.15, 0.2) is 0 Å². The fourth-order valence-electron chi connectivity index (χ4n) is 5.20. The van der Waals surface area contributed by atoms with Crippen LogP contribution in [0.15, 0.2) is 126 Å². The number of halogens is 1. The van der Waals surface area contributed by atoms with E-state index in [-0.39, 0.29) is 12.3 Å². The van der Waals surface area contributed by atoms with Crippen LogP contribution in [-0.4, -0.2) is 5.84 Å². The lowest BCUT2D eigenvalue weighted by atomic mass is 10.0. The molecule has 1 heterocycles. The van der Waals surface area contributed by atoms with Gasteiger partial charge >= 0.3 is 0 Å². The smallest absolute Gasteiger partial charge is 0.131 e. The summed E-state index contributed by atoms with van der Waals surface area (Å²) in [7, 11) is 0. The van der Waals surface area contributed by atoms with Crippen molar-refractivity contribution in [1.82, 2.24) is 10.6 Å². The Kier molecular flexibility index (Phi) is 5.39. The molecule has 2 unspecified atom stereocenters. The molecule has 7 rings (SSSR count). The molecule has 3 nitrogen and oxygen atoms in total. The molecule has 0 spiro atoms. The van der Waals surface area contributed by atoms with Gasteiger partial charge in [-0.2, -0.15) is 0 Å². The Balaban J connectivity index is 1.34. The van der Waals surface area contributed by atoms with Crippen molar-refractivity contribution >= 4 is 49.8 Å². The van der Waals surface area contributed by atoms with Gasteiger partial charge in [-0.25, -0.2) is 4.99 Å². The summed E-state index contributed by atoms with van der Waals surface area (Å²) in [5.74, 6) is 0.874. The fraction of sp³-hybridized carbons (Fsp3) is 0.0606. The molecular weight excluding hydrogens is 474 g/mol. The molecule has 6 aromatic rings. The van der Waals surface area contributed by atoms with Crippen molar-refractivity contribution in [2.45, 2.75) is 12.3 Å². The molecule has 2 N–H and O–H groups in total. The first-order valence-electron chi connectivity index (χ1n) is 12.5. The van der Waals surface area contributed by atoms with Crippen molar-refractivity contribution in [2.75, 3.05) is 0 Å². The van der Waals surface area contributed by atoms with E-state index in [4.69, 9.17) is 16.6 Å². The number of nitrogens with zero attached hydrogens (tertiary/aromatic N) is 1. The average molecular weight is 498 g/mol. The van der Waals surface area contributed by atoms with Crippen LogP contribution in [0.5, 0.6) is 0 Å². The third kappa shape index (κ3) is 4.13. The van der Waals surface area contributed by atoms with E-state index >= 15 is 0 Å². The van der Waals surface area contributed by atoms with Gasteiger partial charge in [-0.3, -0.25) is 5.32 Å². The first-order valence-corrected chi connectivity index (χ1v) is 12.9. The quantitative estimate of drug-likeness (QED) is 0.259. The molecule has 0 aromatic heterocycles. The summed E-state index contributed by atoms with van der Waals surface area (Å²) in [6.45, 7) is 0. The summed E-state index contributed by atoms with van der Waals surface area (Å²) in [5, 5.41) is 15.2. The van der Waals surface area contributed by atoms with Crippen LogP contribution in [0.1, 0.15) is 29.0 Å². The molecule has 0 aliphatic carbocycles. The van der Waals surface area contributed by atoms with Gasteiger partial charge in [0.05, 0.1) is 0 Å². The predicted molar refractivity (Wildman–Crippen MR) is 155 cm³/mol. The molecule has 0 amide bonds. The minimum Gasteiger partial charge on any atom is -0.350 e. The van der Waals surface area contributed by atoms with Crippen molar-refractivity contribution in [2.24, 2.45) is 4.99 Å². The Morgan fingerprint density at radius 2 is 1.22 bits per heavy atom. The molecule has 37 heavy (non-hydrogen) atoms. The molecule has 6 aromatic carbocycles. The minimum absolute atomic E-state index is 0.108. The lowest BCUT2D eigenvalue weighted by molar-refractivity contribution is 0.409. The molecule has 4 heteroatoms. The highest BCUT2D eigenvalue weighted by atomic mass is 35.5. The lowest BCUT2D eigenvalue weighted by Crippen LogP contribution is -2.44. The SMILES string of the molecule is Clc1cccc2cc(C3N=C(c4ccc5ccccc5c4)NC(c4ccc5ccccc5c4)N3)ccc12. The van der Waals surface area contributed by atoms with Gasteiger partial charge in [0.1, 0.15) is 18.2 Å². The number of hydrogen-bond donors (Lipinski definition) is 2. The van der Waals surface area contributed by atoms with E-state index in [1.165, 1.54) is 27.1 Å². The summed E-state index contributed by atoms with van der Waals surface area (Å²) >= 11 is 6.44. The highest BCUT2D eigenvalue weighted by Gasteiger charge is 2.26. The van der Waals surface area contributed by atoms with Gasteiger partial charge in [-0.1, -0.05) is 109 Å². The molecule has 0 radical (unpaired) electrons. The second-order valence-corrected chi connectivity index (χ2v) is 9.92. The van der Waals surface area contributed by atoms with Crippen LogP contribution in [0.4, 0.5) is 0 Å². The summed E-state index contributed by atoms with van der Waals surface area (Å²) in [4.78, 5) is 5.16. The molecule has 0 saturated heterocycles. The molecule has 0 saturated carbocycles. The zero-order chi connectivity index (χ0) is 24.8. The Morgan fingerprint density at radius 3 is 2.03 bits per heavy atom. The van der Waals surface area contributed by atoms with Crippen molar-refractivity contribution in [3.63, 3.8) is 0 Å². The molecular formula is C33H24ClN3. The Bertz CT molecular complexity index is 1820. The molecule has 1 aliphatic rings. The van der Waals surface area contributed by atoms with Crippen molar-refractivity contribution in [3.05, 3.63) is 143 Å². The summed E-state index contributed by atoms with van der Waals surface area (Å²) in [6.07, 6.45) is -0.328. The second kappa shape index (κ2) is 9.04. The number of aliphatic imine (C=N–C) groups is 1. The Morgan fingerprint density at radius 1 is 0.568 bits per heavy atom. The van der Waals surface area contributed by atoms with Crippen LogP contribution in [0.25, 0.3) is 32.3 Å². The van der Waals surface area contributed by atoms with Crippen molar-refractivity contribution in [1.29, 1.82) is 0 Å². The number of fused-ring (bicyclic) bond motifs is 3. The van der Waals surface area contributed by atoms with Crippen LogP contribution in [0.3, 0.4) is 0 Å². The minimum atomic E-state index is -0.220. The van der Waals surface area contributed by atoms with Gasteiger partial charge < -0.3 is 5.32 Å². The predicted octanol–water partition coefficient (Wildman–Crippen LogP) is 8.14.